The fourth-order valence-electron chi connectivity index (χ4n) is 2.19. The second-order valence-corrected chi connectivity index (χ2v) is 6.88. The molecule has 1 N–H and O–H groups in total. The van der Waals surface area contributed by atoms with Crippen LogP contribution in [0.1, 0.15) is 11.4 Å². The molecule has 6 nitrogen and oxygen atoms in total. The van der Waals surface area contributed by atoms with Crippen LogP contribution in [0.4, 0.5) is 5.69 Å². The maximum absolute atomic E-state index is 12.1. The van der Waals surface area contributed by atoms with Gasteiger partial charge in [0.05, 0.1) is 15.8 Å². The molecule has 3 aromatic rings. The Morgan fingerprint density at radius 1 is 1.21 bits per heavy atom. The van der Waals surface area contributed by atoms with Crippen molar-refractivity contribution in [3.8, 4) is 0 Å². The molecule has 9 heteroatoms. The molecule has 0 spiro atoms. The van der Waals surface area contributed by atoms with Gasteiger partial charge < -0.3 is 5.32 Å². The molecule has 0 fully saturated rings. The lowest BCUT2D eigenvalue weighted by atomic mass is 10.3. The Labute approximate surface area is 152 Å². The number of carbonyl (C=O) groups is 1. The first kappa shape index (κ1) is 17.0. The zero-order valence-corrected chi connectivity index (χ0v) is 15.2. The van der Waals surface area contributed by atoms with E-state index < -0.39 is 0 Å². The highest BCUT2D eigenvalue weighted by molar-refractivity contribution is 7.99. The third-order valence-corrected chi connectivity index (χ3v) is 4.87. The lowest BCUT2D eigenvalue weighted by Crippen LogP contribution is -2.14. The highest BCUT2D eigenvalue weighted by atomic mass is 35.5. The second-order valence-electron chi connectivity index (χ2n) is 5.12. The summed E-state index contributed by atoms with van der Waals surface area (Å²) in [5.41, 5.74) is 2.44. The van der Waals surface area contributed by atoms with Gasteiger partial charge in [-0.25, -0.2) is 4.98 Å². The van der Waals surface area contributed by atoms with E-state index in [9.17, 15) is 4.79 Å². The predicted molar refractivity (Wildman–Crippen MR) is 96.1 cm³/mol. The normalized spacial score (nSPS) is 11.0. The van der Waals surface area contributed by atoms with Gasteiger partial charge in [-0.3, -0.25) is 9.20 Å². The van der Waals surface area contributed by atoms with Gasteiger partial charge in [-0.2, -0.15) is 0 Å². The van der Waals surface area contributed by atoms with E-state index in [-0.39, 0.29) is 11.7 Å². The van der Waals surface area contributed by atoms with E-state index in [2.05, 4.69) is 20.5 Å². The first-order valence-corrected chi connectivity index (χ1v) is 8.75. The van der Waals surface area contributed by atoms with E-state index in [1.807, 2.05) is 24.3 Å². The summed E-state index contributed by atoms with van der Waals surface area (Å²) in [6.07, 6.45) is 0. The van der Waals surface area contributed by atoms with E-state index in [1.54, 1.807) is 18.2 Å². The molecule has 3 rings (SSSR count). The van der Waals surface area contributed by atoms with Gasteiger partial charge in [0.2, 0.25) is 5.91 Å². The van der Waals surface area contributed by atoms with Crippen molar-refractivity contribution in [2.45, 2.75) is 19.0 Å². The molecule has 0 aliphatic carbocycles. The Hall–Kier alpha value is -1.83. The van der Waals surface area contributed by atoms with Crippen LogP contribution in [0, 0.1) is 13.8 Å². The molecule has 0 bridgehead atoms. The zero-order valence-electron chi connectivity index (χ0n) is 12.9. The van der Waals surface area contributed by atoms with Gasteiger partial charge in [-0.05, 0) is 38.1 Å². The van der Waals surface area contributed by atoms with Crippen LogP contribution >= 0.6 is 35.0 Å². The van der Waals surface area contributed by atoms with Crippen LogP contribution in [0.2, 0.25) is 10.0 Å². The van der Waals surface area contributed by atoms with Gasteiger partial charge in [0, 0.05) is 17.1 Å². The van der Waals surface area contributed by atoms with Crippen molar-refractivity contribution in [3.63, 3.8) is 0 Å². The van der Waals surface area contributed by atoms with Crippen LogP contribution in [0.3, 0.4) is 0 Å². The zero-order chi connectivity index (χ0) is 17.3. The van der Waals surface area contributed by atoms with E-state index in [1.165, 1.54) is 11.8 Å². The second kappa shape index (κ2) is 6.96. The number of thioether (sulfide) groups is 1. The Morgan fingerprint density at radius 3 is 2.75 bits per heavy atom. The van der Waals surface area contributed by atoms with E-state index >= 15 is 0 Å². The first-order valence-electron chi connectivity index (χ1n) is 7.01. The van der Waals surface area contributed by atoms with Crippen molar-refractivity contribution in [1.82, 2.24) is 19.6 Å². The predicted octanol–water partition coefficient (Wildman–Crippen LogP) is 3.78. The Morgan fingerprint density at radius 2 is 2.00 bits per heavy atom. The molecule has 0 saturated heterocycles. The van der Waals surface area contributed by atoms with Crippen molar-refractivity contribution < 1.29 is 4.79 Å². The lowest BCUT2D eigenvalue weighted by Gasteiger charge is -2.06. The SMILES string of the molecule is Cc1cc(C)n2c(SCC(=O)Nc3ccc(Cl)c(Cl)c3)nnc2n1. The molecule has 0 unspecified atom stereocenters. The third-order valence-electron chi connectivity index (χ3n) is 3.20. The number of nitrogens with one attached hydrogen (secondary N) is 1. The van der Waals surface area contributed by atoms with E-state index in [4.69, 9.17) is 23.2 Å². The van der Waals surface area contributed by atoms with Gasteiger partial charge >= 0.3 is 0 Å². The van der Waals surface area contributed by atoms with Crippen LogP contribution in [-0.4, -0.2) is 31.2 Å². The number of benzene rings is 1. The van der Waals surface area contributed by atoms with Crippen molar-refractivity contribution in [2.24, 2.45) is 0 Å². The molecule has 24 heavy (non-hydrogen) atoms. The smallest absolute Gasteiger partial charge is 0.256 e. The molecule has 0 aliphatic heterocycles. The van der Waals surface area contributed by atoms with Crippen molar-refractivity contribution in [1.29, 1.82) is 0 Å². The maximum Gasteiger partial charge on any atom is 0.256 e. The summed E-state index contributed by atoms with van der Waals surface area (Å²) >= 11 is 13.1. The van der Waals surface area contributed by atoms with Crippen molar-refractivity contribution in [3.05, 3.63) is 45.7 Å². The fraction of sp³-hybridized carbons (Fsp3) is 0.200. The standard InChI is InChI=1S/C15H13Cl2N5OS/c1-8-5-9(2)22-14(18-8)20-21-15(22)24-7-13(23)19-10-3-4-11(16)12(17)6-10/h3-6H,7H2,1-2H3,(H,19,23). The number of hydrogen-bond acceptors (Lipinski definition) is 5. The molecule has 0 radical (unpaired) electrons. The Kier molecular flexibility index (Phi) is 4.93. The average Bonchev–Trinajstić information content (AvgIpc) is 2.92. The molecule has 1 amide bonds. The lowest BCUT2D eigenvalue weighted by molar-refractivity contribution is -0.113. The number of aromatic nitrogens is 4. The Bertz CT molecular complexity index is 928. The summed E-state index contributed by atoms with van der Waals surface area (Å²) in [5.74, 6) is 0.543. The number of carbonyl (C=O) groups excluding carboxylic acids is 1. The molecule has 1 aromatic carbocycles. The van der Waals surface area contributed by atoms with Gasteiger partial charge in [0.25, 0.3) is 5.78 Å². The number of amides is 1. The largest absolute Gasteiger partial charge is 0.325 e. The summed E-state index contributed by atoms with van der Waals surface area (Å²) in [7, 11) is 0. The molecule has 124 valence electrons. The summed E-state index contributed by atoms with van der Waals surface area (Å²) < 4.78 is 1.82. The average molecular weight is 382 g/mol. The van der Waals surface area contributed by atoms with Crippen LogP contribution in [0.15, 0.2) is 29.4 Å². The van der Waals surface area contributed by atoms with Gasteiger partial charge in [-0.15, -0.1) is 10.2 Å². The molecular formula is C15H13Cl2N5OS. The van der Waals surface area contributed by atoms with Gasteiger partial charge in [0.1, 0.15) is 0 Å². The molecule has 0 saturated carbocycles. The van der Waals surface area contributed by atoms with Crippen LogP contribution in [0.25, 0.3) is 5.78 Å². The molecular weight excluding hydrogens is 369 g/mol. The number of aryl methyl sites for hydroxylation is 2. The maximum atomic E-state index is 12.1. The van der Waals surface area contributed by atoms with Crippen LogP contribution in [-0.2, 0) is 4.79 Å². The van der Waals surface area contributed by atoms with Gasteiger partial charge in [-0.1, -0.05) is 35.0 Å². The number of nitrogens with zero attached hydrogens (tertiary/aromatic N) is 4. The minimum Gasteiger partial charge on any atom is -0.325 e. The number of halogens is 2. The first-order chi connectivity index (χ1) is 11.4. The minimum absolute atomic E-state index is 0.173. The van der Waals surface area contributed by atoms with Gasteiger partial charge in [0.15, 0.2) is 5.16 Å². The molecule has 0 atom stereocenters. The van der Waals surface area contributed by atoms with Crippen molar-refractivity contribution >= 4 is 52.3 Å². The number of rotatable bonds is 4. The minimum atomic E-state index is -0.173. The highest BCUT2D eigenvalue weighted by Gasteiger charge is 2.12. The van der Waals surface area contributed by atoms with E-state index in [0.717, 1.165) is 11.4 Å². The molecule has 2 aromatic heterocycles. The summed E-state index contributed by atoms with van der Waals surface area (Å²) in [6, 6.07) is 6.88. The van der Waals surface area contributed by atoms with Crippen LogP contribution in [0.5, 0.6) is 0 Å². The highest BCUT2D eigenvalue weighted by Crippen LogP contribution is 2.25. The fourth-order valence-corrected chi connectivity index (χ4v) is 3.28. The summed E-state index contributed by atoms with van der Waals surface area (Å²) in [4.78, 5) is 16.4. The topological polar surface area (TPSA) is 72.2 Å². The number of fused-ring (bicyclic) bond motifs is 1. The van der Waals surface area contributed by atoms with E-state index in [0.29, 0.717) is 26.7 Å². The van der Waals surface area contributed by atoms with Crippen LogP contribution < -0.4 is 5.32 Å². The monoisotopic (exact) mass is 381 g/mol. The third kappa shape index (κ3) is 3.63. The summed E-state index contributed by atoms with van der Waals surface area (Å²) in [5, 5.41) is 12.4. The van der Waals surface area contributed by atoms with Crippen molar-refractivity contribution in [2.75, 3.05) is 11.1 Å². The Balaban J connectivity index is 1.69. The number of anilines is 1. The summed E-state index contributed by atoms with van der Waals surface area (Å²) in [6.45, 7) is 3.85. The quantitative estimate of drug-likeness (QED) is 0.696. The molecule has 0 aliphatic rings. The molecule has 2 heterocycles. The number of hydrogen-bond donors (Lipinski definition) is 1.